The van der Waals surface area contributed by atoms with Gasteiger partial charge in [-0.15, -0.1) is 0 Å². The molecule has 0 unspecified atom stereocenters. The zero-order chi connectivity index (χ0) is 12.4. The highest BCUT2D eigenvalue weighted by molar-refractivity contribution is 7.66. The van der Waals surface area contributed by atoms with Crippen LogP contribution in [0.3, 0.4) is 0 Å². The molecule has 1 nitrogen and oxygen atoms in total. The molecule has 1 aliphatic heterocycles. The van der Waals surface area contributed by atoms with Crippen LogP contribution in [-0.2, 0) is 0 Å². The molecule has 1 heterocycles. The minimum atomic E-state index is -0.00814. The summed E-state index contributed by atoms with van der Waals surface area (Å²) < 4.78 is 0. The van der Waals surface area contributed by atoms with Crippen molar-refractivity contribution in [3.8, 4) is 16.9 Å². The van der Waals surface area contributed by atoms with Gasteiger partial charge in [0.05, 0.1) is 0 Å². The lowest BCUT2D eigenvalue weighted by atomic mass is 10.0. The molecule has 0 atom stereocenters. The molecule has 0 aliphatic carbocycles. The molecule has 1 saturated heterocycles. The van der Waals surface area contributed by atoms with Gasteiger partial charge in [0.1, 0.15) is 5.75 Å². The standard InChI is InChI=1S/C16H17OP/c17-15-9-3-1-7-13(15)14-8-2-4-10-16(14)18-11-5-6-12-18/h1-4,7-10,17H,5-6,11-12H2. The quantitative estimate of drug-likeness (QED) is 0.806. The molecule has 1 aliphatic rings. The third-order valence-corrected chi connectivity index (χ3v) is 6.33. The smallest absolute Gasteiger partial charge is 0.123 e. The maximum Gasteiger partial charge on any atom is 0.123 e. The molecule has 0 saturated carbocycles. The molecule has 1 fully saturated rings. The molecule has 0 radical (unpaired) electrons. The van der Waals surface area contributed by atoms with E-state index in [-0.39, 0.29) is 7.92 Å². The first-order chi connectivity index (χ1) is 8.86. The molecule has 1 N–H and O–H groups in total. The number of aromatic hydroxyl groups is 1. The van der Waals surface area contributed by atoms with E-state index in [4.69, 9.17) is 0 Å². The molecule has 0 aromatic heterocycles. The Bertz CT molecular complexity index is 544. The summed E-state index contributed by atoms with van der Waals surface area (Å²) in [7, 11) is -0.00814. The second kappa shape index (κ2) is 5.12. The zero-order valence-electron chi connectivity index (χ0n) is 10.3. The Morgan fingerprint density at radius 2 is 1.39 bits per heavy atom. The number of hydrogen-bond donors (Lipinski definition) is 1. The van der Waals surface area contributed by atoms with E-state index < -0.39 is 0 Å². The topological polar surface area (TPSA) is 20.2 Å². The Morgan fingerprint density at radius 3 is 2.11 bits per heavy atom. The molecule has 2 heteroatoms. The van der Waals surface area contributed by atoms with Gasteiger partial charge < -0.3 is 5.11 Å². The van der Waals surface area contributed by atoms with Crippen LogP contribution in [0.15, 0.2) is 48.5 Å². The largest absolute Gasteiger partial charge is 0.507 e. The van der Waals surface area contributed by atoms with E-state index in [0.29, 0.717) is 5.75 Å². The highest BCUT2D eigenvalue weighted by Crippen LogP contribution is 2.45. The van der Waals surface area contributed by atoms with Gasteiger partial charge >= 0.3 is 0 Å². The van der Waals surface area contributed by atoms with Crippen molar-refractivity contribution in [2.75, 3.05) is 12.3 Å². The Labute approximate surface area is 109 Å². The lowest BCUT2D eigenvalue weighted by Crippen LogP contribution is -2.05. The van der Waals surface area contributed by atoms with Gasteiger partial charge in [0.25, 0.3) is 0 Å². The number of rotatable bonds is 2. The molecule has 0 amide bonds. The van der Waals surface area contributed by atoms with Crippen molar-refractivity contribution >= 4 is 13.2 Å². The van der Waals surface area contributed by atoms with Crippen molar-refractivity contribution in [3.63, 3.8) is 0 Å². The van der Waals surface area contributed by atoms with E-state index in [9.17, 15) is 5.11 Å². The molecule has 92 valence electrons. The number of phenolic OH excluding ortho intramolecular Hbond substituents is 1. The molecular weight excluding hydrogens is 239 g/mol. The number of hydrogen-bond acceptors (Lipinski definition) is 1. The third-order valence-electron chi connectivity index (χ3n) is 3.55. The van der Waals surface area contributed by atoms with Crippen molar-refractivity contribution in [1.82, 2.24) is 0 Å². The van der Waals surface area contributed by atoms with Gasteiger partial charge in [0.2, 0.25) is 0 Å². The van der Waals surface area contributed by atoms with Crippen LogP contribution in [0.5, 0.6) is 5.75 Å². The minimum Gasteiger partial charge on any atom is -0.507 e. The summed E-state index contributed by atoms with van der Waals surface area (Å²) in [5, 5.41) is 11.5. The molecule has 0 spiro atoms. The van der Waals surface area contributed by atoms with E-state index in [0.717, 1.165) is 5.56 Å². The highest BCUT2D eigenvalue weighted by atomic mass is 31.1. The molecule has 18 heavy (non-hydrogen) atoms. The summed E-state index contributed by atoms with van der Waals surface area (Å²) in [6.07, 6.45) is 5.42. The average Bonchev–Trinajstić information content (AvgIpc) is 2.93. The lowest BCUT2D eigenvalue weighted by Gasteiger charge is -2.16. The number of para-hydroxylation sites is 1. The number of benzene rings is 2. The van der Waals surface area contributed by atoms with Crippen LogP contribution >= 0.6 is 7.92 Å². The SMILES string of the molecule is Oc1ccccc1-c1ccccc1P1CCCC1. The predicted octanol–water partition coefficient (Wildman–Crippen LogP) is 3.96. The van der Waals surface area contributed by atoms with Gasteiger partial charge in [-0.05, 0) is 42.1 Å². The fourth-order valence-corrected chi connectivity index (χ4v) is 5.39. The monoisotopic (exact) mass is 256 g/mol. The predicted molar refractivity (Wildman–Crippen MR) is 79.1 cm³/mol. The molecule has 2 aromatic carbocycles. The average molecular weight is 256 g/mol. The van der Waals surface area contributed by atoms with E-state index in [1.807, 2.05) is 18.2 Å². The Morgan fingerprint density at radius 1 is 0.778 bits per heavy atom. The van der Waals surface area contributed by atoms with Crippen LogP contribution < -0.4 is 5.30 Å². The summed E-state index contributed by atoms with van der Waals surface area (Å²) in [5.74, 6) is 0.388. The number of phenols is 1. The summed E-state index contributed by atoms with van der Waals surface area (Å²) in [6.45, 7) is 0. The van der Waals surface area contributed by atoms with Gasteiger partial charge in [0, 0.05) is 5.56 Å². The van der Waals surface area contributed by atoms with Gasteiger partial charge in [-0.1, -0.05) is 50.4 Å². The van der Waals surface area contributed by atoms with Crippen LogP contribution in [0.2, 0.25) is 0 Å². The zero-order valence-corrected chi connectivity index (χ0v) is 11.2. The molecule has 2 aromatic rings. The van der Waals surface area contributed by atoms with Gasteiger partial charge in [-0.25, -0.2) is 0 Å². The van der Waals surface area contributed by atoms with E-state index in [1.54, 1.807) is 6.07 Å². The highest BCUT2D eigenvalue weighted by Gasteiger charge is 2.20. The molecular formula is C16H17OP. The second-order valence-electron chi connectivity index (χ2n) is 4.73. The normalized spacial score (nSPS) is 16.0. The van der Waals surface area contributed by atoms with Crippen LogP contribution in [0.25, 0.3) is 11.1 Å². The summed E-state index contributed by atoms with van der Waals surface area (Å²) >= 11 is 0. The lowest BCUT2D eigenvalue weighted by molar-refractivity contribution is 0.477. The maximum atomic E-state index is 10.0. The van der Waals surface area contributed by atoms with Crippen molar-refractivity contribution in [3.05, 3.63) is 48.5 Å². The van der Waals surface area contributed by atoms with E-state index in [2.05, 4.69) is 24.3 Å². The second-order valence-corrected chi connectivity index (χ2v) is 7.18. The van der Waals surface area contributed by atoms with E-state index >= 15 is 0 Å². The van der Waals surface area contributed by atoms with Gasteiger partial charge in [-0.2, -0.15) is 0 Å². The summed E-state index contributed by atoms with van der Waals surface area (Å²) in [6, 6.07) is 16.2. The fourth-order valence-electron chi connectivity index (χ4n) is 2.64. The Hall–Kier alpha value is -1.33. The van der Waals surface area contributed by atoms with Gasteiger partial charge in [0.15, 0.2) is 0 Å². The first-order valence-corrected chi connectivity index (χ1v) is 8.20. The third kappa shape index (κ3) is 2.15. The van der Waals surface area contributed by atoms with E-state index in [1.165, 1.54) is 36.0 Å². The molecule has 3 rings (SSSR count). The van der Waals surface area contributed by atoms with Crippen LogP contribution in [0.1, 0.15) is 12.8 Å². The summed E-state index contributed by atoms with van der Waals surface area (Å²) in [4.78, 5) is 0. The summed E-state index contributed by atoms with van der Waals surface area (Å²) in [5.41, 5.74) is 2.20. The maximum absolute atomic E-state index is 10.0. The van der Waals surface area contributed by atoms with Crippen LogP contribution in [0.4, 0.5) is 0 Å². The molecule has 0 bridgehead atoms. The van der Waals surface area contributed by atoms with Crippen LogP contribution in [-0.4, -0.2) is 17.4 Å². The van der Waals surface area contributed by atoms with Gasteiger partial charge in [-0.3, -0.25) is 0 Å². The first-order valence-electron chi connectivity index (χ1n) is 6.48. The minimum absolute atomic E-state index is 0.00814. The first kappa shape index (κ1) is 11.7. The van der Waals surface area contributed by atoms with Crippen molar-refractivity contribution in [2.24, 2.45) is 0 Å². The van der Waals surface area contributed by atoms with Crippen molar-refractivity contribution in [2.45, 2.75) is 12.8 Å². The Balaban J connectivity index is 2.09. The van der Waals surface area contributed by atoms with Crippen molar-refractivity contribution in [1.29, 1.82) is 0 Å². The van der Waals surface area contributed by atoms with Crippen LogP contribution in [0, 0.1) is 0 Å². The fraction of sp³-hybridized carbons (Fsp3) is 0.250. The van der Waals surface area contributed by atoms with Crippen molar-refractivity contribution < 1.29 is 5.11 Å². The Kier molecular flexibility index (Phi) is 3.34.